The topological polar surface area (TPSA) is 134 Å². The van der Waals surface area contributed by atoms with E-state index in [1.54, 1.807) is 24.4 Å². The van der Waals surface area contributed by atoms with Gasteiger partial charge >= 0.3 is 0 Å². The predicted molar refractivity (Wildman–Crippen MR) is 197 cm³/mol. The first-order chi connectivity index (χ1) is 22.4. The summed E-state index contributed by atoms with van der Waals surface area (Å²) >= 11 is 12.6. The molecular formula is C36H53Cl2N7O2. The molecule has 258 valence electrons. The molecule has 5 rings (SSSR count). The van der Waals surface area contributed by atoms with Gasteiger partial charge in [0.2, 0.25) is 0 Å². The molecule has 0 saturated carbocycles. The molecular weight excluding hydrogens is 633 g/mol. The van der Waals surface area contributed by atoms with Crippen molar-refractivity contribution >= 4 is 46.7 Å². The quantitative estimate of drug-likeness (QED) is 0.119. The molecule has 2 aromatic heterocycles. The molecule has 2 fully saturated rings. The Morgan fingerprint density at radius 2 is 1.72 bits per heavy atom. The second-order valence-corrected chi connectivity index (χ2v) is 13.2. The largest absolute Gasteiger partial charge is 0.486 e. The molecule has 0 unspecified atom stereocenters. The average Bonchev–Trinajstić information content (AvgIpc) is 3.45. The minimum absolute atomic E-state index is 0.00174. The molecule has 2 aliphatic rings. The fourth-order valence-corrected chi connectivity index (χ4v) is 6.10. The van der Waals surface area contributed by atoms with Gasteiger partial charge in [0.05, 0.1) is 15.8 Å². The normalized spacial score (nSPS) is 15.5. The summed E-state index contributed by atoms with van der Waals surface area (Å²) in [7, 11) is 2.19. The van der Waals surface area contributed by atoms with Crippen LogP contribution in [0.2, 0.25) is 10.0 Å². The van der Waals surface area contributed by atoms with Crippen molar-refractivity contribution in [3.63, 3.8) is 0 Å². The fraction of sp³-hybridized carbons (Fsp3) is 0.500. The van der Waals surface area contributed by atoms with Crippen molar-refractivity contribution in [2.75, 3.05) is 50.4 Å². The molecule has 47 heavy (non-hydrogen) atoms. The molecule has 2 saturated heterocycles. The van der Waals surface area contributed by atoms with E-state index < -0.39 is 6.10 Å². The number of nitrogen functional groups attached to an aromatic ring is 1. The zero-order valence-electron chi connectivity index (χ0n) is 29.2. The van der Waals surface area contributed by atoms with Gasteiger partial charge in [-0.05, 0) is 69.2 Å². The molecule has 2 aliphatic heterocycles. The molecule has 1 atom stereocenters. The highest BCUT2D eigenvalue weighted by molar-refractivity contribution is 6.35. The van der Waals surface area contributed by atoms with Crippen molar-refractivity contribution in [2.45, 2.75) is 67.4 Å². The Labute approximate surface area is 291 Å². The Bertz CT molecular complexity index is 1420. The van der Waals surface area contributed by atoms with Crippen molar-refractivity contribution in [1.29, 1.82) is 5.41 Å². The number of pyridine rings is 2. The van der Waals surface area contributed by atoms with Gasteiger partial charge in [-0.2, -0.15) is 0 Å². The van der Waals surface area contributed by atoms with Crippen LogP contribution in [0.3, 0.4) is 0 Å². The van der Waals surface area contributed by atoms with Gasteiger partial charge in [-0.25, -0.2) is 4.98 Å². The summed E-state index contributed by atoms with van der Waals surface area (Å²) in [6, 6.07) is 9.19. The van der Waals surface area contributed by atoms with E-state index in [4.69, 9.17) is 44.8 Å². The monoisotopic (exact) mass is 685 g/mol. The summed E-state index contributed by atoms with van der Waals surface area (Å²) in [5, 5.41) is 9.64. The van der Waals surface area contributed by atoms with Gasteiger partial charge in [-0.15, -0.1) is 0 Å². The number of hydrogen-bond donors (Lipinski definition) is 3. The number of benzene rings is 1. The van der Waals surface area contributed by atoms with E-state index in [1.165, 1.54) is 25.4 Å². The molecule has 3 aromatic rings. The van der Waals surface area contributed by atoms with E-state index in [0.29, 0.717) is 56.6 Å². The average molecular weight is 687 g/mol. The molecule has 11 heteroatoms. The Balaban J connectivity index is 0.000000556. The number of anilines is 2. The first-order valence-corrected chi connectivity index (χ1v) is 17.1. The molecule has 5 N–H and O–H groups in total. The van der Waals surface area contributed by atoms with Crippen LogP contribution in [0.25, 0.3) is 0 Å². The highest BCUT2D eigenvalue weighted by Crippen LogP contribution is 2.41. The smallest absolute Gasteiger partial charge is 0.128 e. The lowest BCUT2D eigenvalue weighted by atomic mass is 9.79. The van der Waals surface area contributed by atoms with E-state index in [0.717, 1.165) is 31.7 Å². The third-order valence-electron chi connectivity index (χ3n) is 8.13. The highest BCUT2D eigenvalue weighted by Gasteiger charge is 2.47. The number of halogens is 2. The Morgan fingerprint density at radius 1 is 1.09 bits per heavy atom. The number of hydrogen-bond acceptors (Lipinski definition) is 9. The molecule has 4 heterocycles. The van der Waals surface area contributed by atoms with Crippen LogP contribution in [-0.4, -0.2) is 66.6 Å². The van der Waals surface area contributed by atoms with Crippen LogP contribution in [0.1, 0.15) is 84.1 Å². The number of nitrogens with zero attached hydrogens (tertiary/aromatic N) is 4. The summed E-state index contributed by atoms with van der Waals surface area (Å²) < 4.78 is 6.10. The van der Waals surface area contributed by atoms with E-state index in [2.05, 4.69) is 26.8 Å². The molecule has 9 nitrogen and oxygen atoms in total. The molecule has 0 aliphatic carbocycles. The minimum atomic E-state index is -0.413. The zero-order chi connectivity index (χ0) is 35.4. The number of aromatic nitrogens is 2. The van der Waals surface area contributed by atoms with Crippen LogP contribution >= 0.6 is 23.2 Å². The fourth-order valence-electron chi connectivity index (χ4n) is 5.43. The van der Waals surface area contributed by atoms with Crippen molar-refractivity contribution in [3.05, 3.63) is 75.7 Å². The second kappa shape index (κ2) is 18.3. The van der Waals surface area contributed by atoms with Crippen molar-refractivity contribution in [3.8, 4) is 5.75 Å². The second-order valence-electron chi connectivity index (χ2n) is 12.4. The lowest BCUT2D eigenvalue weighted by molar-refractivity contribution is -0.109. The number of aldehydes is 1. The Morgan fingerprint density at radius 3 is 2.21 bits per heavy atom. The van der Waals surface area contributed by atoms with Crippen LogP contribution in [0.15, 0.2) is 48.9 Å². The van der Waals surface area contributed by atoms with Gasteiger partial charge in [-0.1, -0.05) is 64.7 Å². The molecule has 0 bridgehead atoms. The van der Waals surface area contributed by atoms with Crippen LogP contribution in [0.4, 0.5) is 11.5 Å². The molecule has 1 spiro atoms. The van der Waals surface area contributed by atoms with Gasteiger partial charge in [0.1, 0.15) is 24.0 Å². The maximum absolute atomic E-state index is 9.92. The Hall–Kier alpha value is -3.24. The Kier molecular flexibility index (Phi) is 15.6. The zero-order valence-corrected chi connectivity index (χ0v) is 30.8. The molecule has 1 aromatic carbocycles. The summed E-state index contributed by atoms with van der Waals surface area (Å²) in [5.74, 6) is 1.51. The summed E-state index contributed by atoms with van der Waals surface area (Å²) in [4.78, 5) is 23.3. The standard InChI is InChI=1S/C26H28Cl2N6O.C6H13NO.2C2H6/c1-16(24-20(27)11-31-12-21(24)28)35-18-4-5-22(29)19(9-18)25(30)17-3-6-23(32-10-17)34-14-26(15-34)7-8-33(2)13-26;1-6(2,5-7)3-4-8;2*1-2/h3-6,9-12,16,30H,7-8,13-15,29H2,1-2H3;4H,3,5,7H2,1-2H3;2*1-2H3/t16-;;;/m1.../s1. The number of ether oxygens (including phenoxy) is 1. The van der Waals surface area contributed by atoms with Crippen LogP contribution < -0.4 is 21.1 Å². The van der Waals surface area contributed by atoms with E-state index >= 15 is 0 Å². The van der Waals surface area contributed by atoms with Crippen LogP contribution in [-0.2, 0) is 4.79 Å². The molecule has 0 amide bonds. The number of carbonyl (C=O) groups is 1. The highest BCUT2D eigenvalue weighted by atomic mass is 35.5. The van der Waals surface area contributed by atoms with Crippen LogP contribution in [0.5, 0.6) is 5.75 Å². The first-order valence-electron chi connectivity index (χ1n) is 16.3. The maximum atomic E-state index is 9.92. The first kappa shape index (κ1) is 39.9. The number of nitrogens with one attached hydrogen (secondary N) is 1. The SMILES string of the molecule is CC.CC.CC(C)(CN)CC=O.C[C@@H](Oc1ccc(N)c(C(=N)c2ccc(N3CC4(CCN(C)C4)C3)nc2)c1)c1c(Cl)cncc1Cl. The van der Waals surface area contributed by atoms with Gasteiger partial charge < -0.3 is 30.8 Å². The number of carbonyl (C=O) groups excluding carboxylic acids is 1. The van der Waals surface area contributed by atoms with Gasteiger partial charge in [0.25, 0.3) is 0 Å². The van der Waals surface area contributed by atoms with Crippen molar-refractivity contribution in [1.82, 2.24) is 14.9 Å². The summed E-state index contributed by atoms with van der Waals surface area (Å²) in [6.07, 6.45) is 7.12. The van der Waals surface area contributed by atoms with Crippen molar-refractivity contribution < 1.29 is 9.53 Å². The number of nitrogens with two attached hydrogens (primary N) is 2. The number of likely N-dealkylation sites (tertiary alicyclic amines) is 1. The summed E-state index contributed by atoms with van der Waals surface area (Å²) in [6.45, 7) is 18.8. The number of rotatable bonds is 9. The lowest BCUT2D eigenvalue weighted by Gasteiger charge is -2.48. The third kappa shape index (κ3) is 10.6. The lowest BCUT2D eigenvalue weighted by Crippen LogP contribution is -2.57. The minimum Gasteiger partial charge on any atom is -0.486 e. The van der Waals surface area contributed by atoms with E-state index in [-0.39, 0.29) is 11.1 Å². The summed E-state index contributed by atoms with van der Waals surface area (Å²) in [5.41, 5.74) is 14.7. The van der Waals surface area contributed by atoms with Gasteiger partial charge in [-0.3, -0.25) is 10.4 Å². The van der Waals surface area contributed by atoms with E-state index in [1.807, 2.05) is 60.6 Å². The maximum Gasteiger partial charge on any atom is 0.128 e. The van der Waals surface area contributed by atoms with Gasteiger partial charge in [0.15, 0.2) is 0 Å². The van der Waals surface area contributed by atoms with Crippen LogP contribution in [0, 0.1) is 16.2 Å². The molecule has 0 radical (unpaired) electrons. The van der Waals surface area contributed by atoms with E-state index in [9.17, 15) is 4.79 Å². The van der Waals surface area contributed by atoms with Gasteiger partial charge in [0, 0.05) is 72.4 Å². The predicted octanol–water partition coefficient (Wildman–Crippen LogP) is 7.68. The third-order valence-corrected chi connectivity index (χ3v) is 8.74. The van der Waals surface area contributed by atoms with Crippen molar-refractivity contribution in [2.24, 2.45) is 16.6 Å².